The number of ether oxygens (including phenoxy) is 1. The Morgan fingerprint density at radius 1 is 1.38 bits per heavy atom. The second-order valence-electron chi connectivity index (χ2n) is 3.51. The number of methoxy groups -OCH3 is 1. The van der Waals surface area contributed by atoms with E-state index >= 15 is 0 Å². The van der Waals surface area contributed by atoms with Crippen molar-refractivity contribution >= 4 is 23.2 Å². The van der Waals surface area contributed by atoms with Gasteiger partial charge in [-0.15, -0.1) is 0 Å². The predicted molar refractivity (Wildman–Crippen MR) is 68.5 cm³/mol. The average molecular weight is 263 g/mol. The summed E-state index contributed by atoms with van der Waals surface area (Å²) in [5.41, 5.74) is 6.87. The van der Waals surface area contributed by atoms with Crippen LogP contribution in [-0.4, -0.2) is 20.7 Å². The molecule has 0 radical (unpaired) electrons. The number of rotatable bonds is 5. The maximum Gasteiger partial charge on any atom is 0.138 e. The van der Waals surface area contributed by atoms with Gasteiger partial charge in [0, 0.05) is 17.1 Å². The first-order valence-corrected chi connectivity index (χ1v) is 5.78. The fourth-order valence-corrected chi connectivity index (χ4v) is 1.98. The van der Waals surface area contributed by atoms with E-state index < -0.39 is 0 Å². The summed E-state index contributed by atoms with van der Waals surface area (Å²) in [6.07, 6.45) is 0.804. The highest BCUT2D eigenvalue weighted by molar-refractivity contribution is 6.34. The molecule has 16 heavy (non-hydrogen) atoms. The zero-order valence-electron chi connectivity index (χ0n) is 9.39. The molecule has 3 N–H and O–H groups in total. The van der Waals surface area contributed by atoms with E-state index in [9.17, 15) is 0 Å². The van der Waals surface area contributed by atoms with Crippen LogP contribution in [0.25, 0.3) is 0 Å². The molecule has 1 aromatic rings. The van der Waals surface area contributed by atoms with Gasteiger partial charge >= 0.3 is 0 Å². The molecule has 3 nitrogen and oxygen atoms in total. The first kappa shape index (κ1) is 13.6. The summed E-state index contributed by atoms with van der Waals surface area (Å²) in [6.45, 7) is 0.834. The Bertz CT molecular complexity index is 358. The van der Waals surface area contributed by atoms with E-state index in [1.54, 1.807) is 19.2 Å². The lowest BCUT2D eigenvalue weighted by Gasteiger charge is -2.15. The first-order valence-electron chi connectivity index (χ1n) is 5.03. The molecule has 0 spiro atoms. The minimum absolute atomic E-state index is 0.122. The SMILES string of the molecule is CNCCC(N)c1cc(Cl)c(OC)cc1Cl. The normalized spacial score (nSPS) is 12.6. The van der Waals surface area contributed by atoms with Gasteiger partial charge in [-0.1, -0.05) is 23.2 Å². The van der Waals surface area contributed by atoms with E-state index in [1.165, 1.54) is 0 Å². The van der Waals surface area contributed by atoms with Crippen molar-refractivity contribution < 1.29 is 4.74 Å². The number of hydrogen-bond acceptors (Lipinski definition) is 3. The van der Waals surface area contributed by atoms with E-state index in [1.807, 2.05) is 7.05 Å². The molecule has 0 aliphatic heterocycles. The molecule has 0 saturated carbocycles. The van der Waals surface area contributed by atoms with Crippen molar-refractivity contribution in [3.63, 3.8) is 0 Å². The van der Waals surface area contributed by atoms with E-state index in [4.69, 9.17) is 33.7 Å². The smallest absolute Gasteiger partial charge is 0.138 e. The van der Waals surface area contributed by atoms with Gasteiger partial charge in [0.2, 0.25) is 0 Å². The zero-order valence-corrected chi connectivity index (χ0v) is 10.9. The van der Waals surface area contributed by atoms with Crippen molar-refractivity contribution in [1.82, 2.24) is 5.32 Å². The fraction of sp³-hybridized carbons (Fsp3) is 0.455. The van der Waals surface area contributed by atoms with Crippen LogP contribution in [0, 0.1) is 0 Å². The summed E-state index contributed by atoms with van der Waals surface area (Å²) in [7, 11) is 3.44. The summed E-state index contributed by atoms with van der Waals surface area (Å²) in [5.74, 6) is 0.566. The quantitative estimate of drug-likeness (QED) is 0.858. The molecule has 0 bridgehead atoms. The average Bonchev–Trinajstić information content (AvgIpc) is 2.28. The Hall–Kier alpha value is -0.480. The topological polar surface area (TPSA) is 47.3 Å². The molecule has 5 heteroatoms. The molecule has 1 atom stereocenters. The van der Waals surface area contributed by atoms with Crippen LogP contribution >= 0.6 is 23.2 Å². The van der Waals surface area contributed by atoms with E-state index in [-0.39, 0.29) is 6.04 Å². The van der Waals surface area contributed by atoms with E-state index in [2.05, 4.69) is 5.32 Å². The molecule has 0 amide bonds. The maximum absolute atomic E-state index is 6.11. The molecule has 1 aromatic carbocycles. The lowest BCUT2D eigenvalue weighted by atomic mass is 10.0. The van der Waals surface area contributed by atoms with Crippen LogP contribution in [0.15, 0.2) is 12.1 Å². The van der Waals surface area contributed by atoms with Crippen molar-refractivity contribution in [2.75, 3.05) is 20.7 Å². The van der Waals surface area contributed by atoms with Gasteiger partial charge in [-0.3, -0.25) is 0 Å². The summed E-state index contributed by atoms with van der Waals surface area (Å²) in [6, 6.07) is 3.34. The number of benzene rings is 1. The largest absolute Gasteiger partial charge is 0.495 e. The van der Waals surface area contributed by atoms with Gasteiger partial charge in [-0.2, -0.15) is 0 Å². The predicted octanol–water partition coefficient (Wildman–Crippen LogP) is 2.61. The van der Waals surface area contributed by atoms with Crippen LogP contribution in [0.4, 0.5) is 0 Å². The molecular formula is C11H16Cl2N2O. The van der Waals surface area contributed by atoms with Crippen molar-refractivity contribution in [3.8, 4) is 5.75 Å². The van der Waals surface area contributed by atoms with Gasteiger partial charge in [-0.05, 0) is 31.6 Å². The minimum Gasteiger partial charge on any atom is -0.495 e. The molecule has 0 aliphatic carbocycles. The third kappa shape index (κ3) is 3.25. The molecule has 0 aromatic heterocycles. The Kier molecular flexibility index (Phi) is 5.35. The summed E-state index contributed by atoms with van der Waals surface area (Å²) < 4.78 is 5.07. The Morgan fingerprint density at radius 2 is 2.06 bits per heavy atom. The van der Waals surface area contributed by atoms with Gasteiger partial charge in [0.25, 0.3) is 0 Å². The molecular weight excluding hydrogens is 247 g/mol. The highest BCUT2D eigenvalue weighted by Crippen LogP contribution is 2.33. The number of nitrogens with two attached hydrogens (primary N) is 1. The lowest BCUT2D eigenvalue weighted by Crippen LogP contribution is -2.18. The summed E-state index contributed by atoms with van der Waals surface area (Å²) in [5, 5.41) is 4.16. The van der Waals surface area contributed by atoms with Crippen molar-refractivity contribution in [1.29, 1.82) is 0 Å². The second kappa shape index (κ2) is 6.30. The van der Waals surface area contributed by atoms with Gasteiger partial charge < -0.3 is 15.8 Å². The number of hydrogen-bond donors (Lipinski definition) is 2. The van der Waals surface area contributed by atoms with E-state index in [0.29, 0.717) is 15.8 Å². The number of nitrogens with one attached hydrogen (secondary N) is 1. The highest BCUT2D eigenvalue weighted by atomic mass is 35.5. The summed E-state index contributed by atoms with van der Waals surface area (Å²) in [4.78, 5) is 0. The van der Waals surface area contributed by atoms with Crippen molar-refractivity contribution in [2.45, 2.75) is 12.5 Å². The fourth-order valence-electron chi connectivity index (χ4n) is 1.44. The van der Waals surface area contributed by atoms with Gasteiger partial charge in [0.1, 0.15) is 5.75 Å². The molecule has 0 heterocycles. The standard InChI is InChI=1S/C11H16Cl2N2O/c1-15-4-3-10(14)7-5-9(13)11(16-2)6-8(7)12/h5-6,10,15H,3-4,14H2,1-2H3. The second-order valence-corrected chi connectivity index (χ2v) is 4.32. The van der Waals surface area contributed by atoms with Crippen LogP contribution < -0.4 is 15.8 Å². The van der Waals surface area contributed by atoms with E-state index in [0.717, 1.165) is 18.5 Å². The van der Waals surface area contributed by atoms with Crippen LogP contribution in [0.3, 0.4) is 0 Å². The van der Waals surface area contributed by atoms with Gasteiger partial charge in [0.05, 0.1) is 12.1 Å². The molecule has 1 unspecified atom stereocenters. The molecule has 0 saturated heterocycles. The Morgan fingerprint density at radius 3 is 2.62 bits per heavy atom. The molecule has 0 aliphatic rings. The van der Waals surface area contributed by atoms with Crippen molar-refractivity contribution in [2.24, 2.45) is 5.73 Å². The summed E-state index contributed by atoms with van der Waals surface area (Å²) >= 11 is 12.1. The zero-order chi connectivity index (χ0) is 12.1. The maximum atomic E-state index is 6.11. The minimum atomic E-state index is -0.122. The molecule has 1 rings (SSSR count). The van der Waals surface area contributed by atoms with Crippen LogP contribution in [0.5, 0.6) is 5.75 Å². The van der Waals surface area contributed by atoms with Crippen LogP contribution in [-0.2, 0) is 0 Å². The lowest BCUT2D eigenvalue weighted by molar-refractivity contribution is 0.414. The first-order chi connectivity index (χ1) is 7.60. The Labute approximate surface area is 106 Å². The van der Waals surface area contributed by atoms with Crippen LogP contribution in [0.1, 0.15) is 18.0 Å². The van der Waals surface area contributed by atoms with Crippen LogP contribution in [0.2, 0.25) is 10.0 Å². The molecule has 0 fully saturated rings. The van der Waals surface area contributed by atoms with Gasteiger partial charge in [-0.25, -0.2) is 0 Å². The highest BCUT2D eigenvalue weighted by Gasteiger charge is 2.13. The third-order valence-electron chi connectivity index (χ3n) is 2.38. The third-order valence-corrected chi connectivity index (χ3v) is 3.00. The molecule has 90 valence electrons. The number of halogens is 2. The Balaban J connectivity index is 2.92. The van der Waals surface area contributed by atoms with Gasteiger partial charge in [0.15, 0.2) is 0 Å². The monoisotopic (exact) mass is 262 g/mol. The van der Waals surface area contributed by atoms with Crippen molar-refractivity contribution in [3.05, 3.63) is 27.7 Å².